The van der Waals surface area contributed by atoms with Gasteiger partial charge in [0.25, 0.3) is 5.91 Å². The van der Waals surface area contributed by atoms with E-state index in [0.29, 0.717) is 5.92 Å². The minimum absolute atomic E-state index is 0.0946. The molecular formula is C12H14N4OS. The number of hydrogen-bond donors (Lipinski definition) is 1. The molecule has 6 heteroatoms. The summed E-state index contributed by atoms with van der Waals surface area (Å²) in [5.74, 6) is 0.474. The maximum absolute atomic E-state index is 12.2. The fourth-order valence-corrected chi connectivity index (χ4v) is 3.01. The van der Waals surface area contributed by atoms with Crippen molar-refractivity contribution in [1.29, 1.82) is 0 Å². The Bertz CT molecular complexity index is 548. The third-order valence-corrected chi connectivity index (χ3v) is 4.16. The maximum Gasteiger partial charge on any atom is 0.265 e. The largest absolute Gasteiger partial charge is 0.337 e. The Labute approximate surface area is 109 Å². The van der Waals surface area contributed by atoms with Crippen LogP contribution >= 0.6 is 11.3 Å². The summed E-state index contributed by atoms with van der Waals surface area (Å²) in [7, 11) is 0. The highest BCUT2D eigenvalue weighted by Gasteiger charge is 2.30. The topological polar surface area (TPSA) is 61.9 Å². The number of nitrogens with one attached hydrogen (secondary N) is 1. The van der Waals surface area contributed by atoms with Crippen LogP contribution < -0.4 is 0 Å². The van der Waals surface area contributed by atoms with Gasteiger partial charge < -0.3 is 4.90 Å². The van der Waals surface area contributed by atoms with Crippen molar-refractivity contribution in [2.45, 2.75) is 19.3 Å². The molecule has 0 unspecified atom stereocenters. The van der Waals surface area contributed by atoms with Crippen LogP contribution in [0.4, 0.5) is 0 Å². The van der Waals surface area contributed by atoms with E-state index in [9.17, 15) is 4.79 Å². The van der Waals surface area contributed by atoms with Crippen molar-refractivity contribution in [2.24, 2.45) is 0 Å². The summed E-state index contributed by atoms with van der Waals surface area (Å²) >= 11 is 1.40. The van der Waals surface area contributed by atoms with Crippen LogP contribution in [0.3, 0.4) is 0 Å². The number of amides is 1. The van der Waals surface area contributed by atoms with Crippen LogP contribution in [0, 0.1) is 6.92 Å². The second kappa shape index (κ2) is 4.53. The summed E-state index contributed by atoms with van der Waals surface area (Å²) in [6, 6.07) is 0. The van der Waals surface area contributed by atoms with Gasteiger partial charge in [-0.15, -0.1) is 11.3 Å². The molecule has 1 aliphatic heterocycles. The molecule has 0 aromatic carbocycles. The van der Waals surface area contributed by atoms with Crippen LogP contribution in [0.5, 0.6) is 0 Å². The lowest BCUT2D eigenvalue weighted by Crippen LogP contribution is -2.27. The molecule has 0 spiro atoms. The second-order valence-electron chi connectivity index (χ2n) is 4.57. The number of hydrogen-bond acceptors (Lipinski definition) is 4. The lowest BCUT2D eigenvalue weighted by atomic mass is 10.0. The molecule has 1 saturated heterocycles. The summed E-state index contributed by atoms with van der Waals surface area (Å²) in [6.45, 7) is 3.62. The molecule has 0 saturated carbocycles. The van der Waals surface area contributed by atoms with E-state index < -0.39 is 0 Å². The highest BCUT2D eigenvalue weighted by Crippen LogP contribution is 2.28. The monoisotopic (exact) mass is 262 g/mol. The van der Waals surface area contributed by atoms with Crippen molar-refractivity contribution in [3.63, 3.8) is 0 Å². The van der Waals surface area contributed by atoms with E-state index in [1.165, 1.54) is 16.9 Å². The fraction of sp³-hybridized carbons (Fsp3) is 0.417. The lowest BCUT2D eigenvalue weighted by Gasteiger charge is -2.15. The molecule has 1 N–H and O–H groups in total. The minimum atomic E-state index is 0.0946. The van der Waals surface area contributed by atoms with Gasteiger partial charge in [0.05, 0.1) is 17.9 Å². The van der Waals surface area contributed by atoms with Crippen molar-refractivity contribution in [1.82, 2.24) is 20.1 Å². The lowest BCUT2D eigenvalue weighted by molar-refractivity contribution is 0.0795. The molecule has 18 heavy (non-hydrogen) atoms. The molecule has 0 aliphatic carbocycles. The predicted molar refractivity (Wildman–Crippen MR) is 68.7 cm³/mol. The Morgan fingerprint density at radius 2 is 2.44 bits per heavy atom. The molecule has 1 aliphatic rings. The van der Waals surface area contributed by atoms with E-state index in [0.717, 1.165) is 30.1 Å². The zero-order valence-electron chi connectivity index (χ0n) is 10.1. The van der Waals surface area contributed by atoms with Gasteiger partial charge in [-0.3, -0.25) is 14.9 Å². The number of aromatic amines is 1. The first-order valence-corrected chi connectivity index (χ1v) is 6.81. The van der Waals surface area contributed by atoms with E-state index in [1.807, 2.05) is 18.0 Å². The first kappa shape index (κ1) is 11.4. The van der Waals surface area contributed by atoms with E-state index in [4.69, 9.17) is 0 Å². The molecule has 5 nitrogen and oxygen atoms in total. The van der Waals surface area contributed by atoms with Crippen LogP contribution in [-0.2, 0) is 0 Å². The smallest absolute Gasteiger partial charge is 0.265 e. The van der Waals surface area contributed by atoms with E-state index >= 15 is 0 Å². The number of carbonyl (C=O) groups is 1. The highest BCUT2D eigenvalue weighted by atomic mass is 32.1. The normalized spacial score (nSPS) is 19.4. The summed E-state index contributed by atoms with van der Waals surface area (Å²) < 4.78 is 0. The number of H-pyrrole nitrogens is 1. The van der Waals surface area contributed by atoms with Crippen LogP contribution in [0.2, 0.25) is 0 Å². The minimum Gasteiger partial charge on any atom is -0.337 e. The molecule has 2 aromatic heterocycles. The number of nitrogens with zero attached hydrogens (tertiary/aromatic N) is 3. The molecule has 2 aromatic rings. The Kier molecular flexibility index (Phi) is 2.87. The average molecular weight is 262 g/mol. The standard InChI is InChI=1S/C12H14N4OS/c1-8-4-14-15-11(8)9-2-3-16(6-9)12(17)10-5-13-7-18-10/h4-5,7,9H,2-3,6H2,1H3,(H,14,15)/t9-/m0/s1. The zero-order valence-corrected chi connectivity index (χ0v) is 10.9. The summed E-state index contributed by atoms with van der Waals surface area (Å²) in [6.07, 6.45) is 4.47. The van der Waals surface area contributed by atoms with Gasteiger partial charge in [-0.2, -0.15) is 5.10 Å². The number of thiazole rings is 1. The van der Waals surface area contributed by atoms with Gasteiger partial charge in [-0.25, -0.2) is 0 Å². The molecule has 0 bridgehead atoms. The SMILES string of the molecule is Cc1cn[nH]c1[C@H]1CCN(C(=O)c2cncs2)C1. The van der Waals surface area contributed by atoms with Crippen molar-refractivity contribution in [3.05, 3.63) is 34.0 Å². The van der Waals surface area contributed by atoms with Gasteiger partial charge >= 0.3 is 0 Å². The van der Waals surface area contributed by atoms with Crippen molar-refractivity contribution >= 4 is 17.2 Å². The Morgan fingerprint density at radius 1 is 1.56 bits per heavy atom. The fourth-order valence-electron chi connectivity index (χ4n) is 2.43. The summed E-state index contributed by atoms with van der Waals surface area (Å²) in [4.78, 5) is 18.8. The quantitative estimate of drug-likeness (QED) is 0.897. The van der Waals surface area contributed by atoms with Crippen LogP contribution in [0.25, 0.3) is 0 Å². The zero-order chi connectivity index (χ0) is 12.5. The molecule has 1 amide bonds. The first-order valence-electron chi connectivity index (χ1n) is 5.93. The van der Waals surface area contributed by atoms with Gasteiger partial charge in [0.2, 0.25) is 0 Å². The van der Waals surface area contributed by atoms with Crippen LogP contribution in [0.1, 0.15) is 33.3 Å². The second-order valence-corrected chi connectivity index (χ2v) is 5.46. The molecular weight excluding hydrogens is 248 g/mol. The average Bonchev–Trinajstić information content (AvgIpc) is 3.09. The van der Waals surface area contributed by atoms with Crippen molar-refractivity contribution < 1.29 is 4.79 Å². The molecule has 1 fully saturated rings. The number of rotatable bonds is 2. The third-order valence-electron chi connectivity index (χ3n) is 3.39. The van der Waals surface area contributed by atoms with Gasteiger partial charge in [-0.1, -0.05) is 0 Å². The number of aromatic nitrogens is 3. The van der Waals surface area contributed by atoms with Crippen molar-refractivity contribution in [2.75, 3.05) is 13.1 Å². The van der Waals surface area contributed by atoms with E-state index in [1.54, 1.807) is 11.7 Å². The Balaban J connectivity index is 1.73. The number of carbonyl (C=O) groups excluding carboxylic acids is 1. The Hall–Kier alpha value is -1.69. The number of aryl methyl sites for hydroxylation is 1. The van der Waals surface area contributed by atoms with Gasteiger partial charge in [0, 0.05) is 24.7 Å². The third kappa shape index (κ3) is 1.92. The predicted octanol–water partition coefficient (Wildman–Crippen LogP) is 1.80. The van der Waals surface area contributed by atoms with Crippen LogP contribution in [-0.4, -0.2) is 39.1 Å². The van der Waals surface area contributed by atoms with Crippen molar-refractivity contribution in [3.8, 4) is 0 Å². The Morgan fingerprint density at radius 3 is 3.11 bits per heavy atom. The maximum atomic E-state index is 12.2. The van der Waals surface area contributed by atoms with Gasteiger partial charge in [0.1, 0.15) is 4.88 Å². The van der Waals surface area contributed by atoms with E-state index in [2.05, 4.69) is 15.2 Å². The molecule has 3 heterocycles. The highest BCUT2D eigenvalue weighted by molar-refractivity contribution is 7.11. The molecule has 1 atom stereocenters. The van der Waals surface area contributed by atoms with Gasteiger partial charge in [-0.05, 0) is 18.9 Å². The molecule has 94 valence electrons. The number of likely N-dealkylation sites (tertiary alicyclic amines) is 1. The molecule has 3 rings (SSSR count). The summed E-state index contributed by atoms with van der Waals surface area (Å²) in [5.41, 5.74) is 4.03. The van der Waals surface area contributed by atoms with Crippen LogP contribution in [0.15, 0.2) is 17.9 Å². The summed E-state index contributed by atoms with van der Waals surface area (Å²) in [5, 5.41) is 7.09. The van der Waals surface area contributed by atoms with Gasteiger partial charge in [0.15, 0.2) is 0 Å². The van der Waals surface area contributed by atoms with E-state index in [-0.39, 0.29) is 5.91 Å². The first-order chi connectivity index (χ1) is 8.75. The molecule has 0 radical (unpaired) electrons.